The molecule has 0 aliphatic carbocycles. The minimum absolute atomic E-state index is 0.00448. The molecule has 4 aromatic heterocycles. The number of rotatable bonds is 4. The molecular formula is C22H24N6OS. The van der Waals surface area contributed by atoms with Crippen LogP contribution in [0.5, 0.6) is 0 Å². The molecule has 0 bridgehead atoms. The van der Waals surface area contributed by atoms with Gasteiger partial charge in [0.1, 0.15) is 5.65 Å². The van der Waals surface area contributed by atoms with Crippen molar-refractivity contribution < 1.29 is 4.79 Å². The quantitative estimate of drug-likeness (QED) is 0.550. The number of pyridine rings is 1. The first-order valence-corrected chi connectivity index (χ1v) is 11.0. The molecular weight excluding hydrogens is 396 g/mol. The molecule has 1 fully saturated rings. The summed E-state index contributed by atoms with van der Waals surface area (Å²) in [5.74, 6) is -0.00448. The summed E-state index contributed by atoms with van der Waals surface area (Å²) in [6, 6.07) is 10.1. The molecule has 5 heterocycles. The Morgan fingerprint density at radius 3 is 2.77 bits per heavy atom. The molecule has 1 aliphatic heterocycles. The van der Waals surface area contributed by atoms with E-state index in [2.05, 4.69) is 51.7 Å². The summed E-state index contributed by atoms with van der Waals surface area (Å²) < 4.78 is 2.18. The van der Waals surface area contributed by atoms with Crippen LogP contribution in [0, 0.1) is 13.8 Å². The molecule has 1 saturated heterocycles. The number of hydrogen-bond acceptors (Lipinski definition) is 5. The van der Waals surface area contributed by atoms with E-state index in [-0.39, 0.29) is 5.91 Å². The SMILES string of the molecule is Cc1ccn2c(CN3CCN(C(=O)c4cc(-c5cccs5)[nH]n4)CC3)c(C)nc2c1. The Balaban J connectivity index is 1.24. The number of nitrogens with zero attached hydrogens (tertiary/aromatic N) is 5. The van der Waals surface area contributed by atoms with E-state index in [1.165, 1.54) is 11.3 Å². The zero-order valence-corrected chi connectivity index (χ0v) is 17.9. The monoisotopic (exact) mass is 420 g/mol. The fourth-order valence-electron chi connectivity index (χ4n) is 3.98. The molecule has 1 aliphatic rings. The molecule has 4 aromatic rings. The summed E-state index contributed by atoms with van der Waals surface area (Å²) in [5, 5.41) is 9.25. The molecule has 5 rings (SSSR count). The van der Waals surface area contributed by atoms with Gasteiger partial charge in [0.05, 0.1) is 22.0 Å². The topological polar surface area (TPSA) is 69.5 Å². The summed E-state index contributed by atoms with van der Waals surface area (Å²) >= 11 is 1.63. The highest BCUT2D eigenvalue weighted by atomic mass is 32.1. The van der Waals surface area contributed by atoms with Crippen LogP contribution < -0.4 is 0 Å². The first-order valence-electron chi connectivity index (χ1n) is 10.1. The van der Waals surface area contributed by atoms with Crippen molar-refractivity contribution in [1.82, 2.24) is 29.4 Å². The van der Waals surface area contributed by atoms with Crippen molar-refractivity contribution in [2.45, 2.75) is 20.4 Å². The molecule has 154 valence electrons. The Hall–Kier alpha value is -2.97. The van der Waals surface area contributed by atoms with Gasteiger partial charge in [0.15, 0.2) is 5.69 Å². The fourth-order valence-corrected chi connectivity index (χ4v) is 4.67. The van der Waals surface area contributed by atoms with Gasteiger partial charge in [-0.2, -0.15) is 5.10 Å². The molecule has 0 saturated carbocycles. The maximum atomic E-state index is 12.9. The molecule has 0 atom stereocenters. The van der Waals surface area contributed by atoms with Crippen LogP contribution in [0.3, 0.4) is 0 Å². The van der Waals surface area contributed by atoms with Crippen LogP contribution in [0.2, 0.25) is 0 Å². The normalized spacial score (nSPS) is 15.2. The van der Waals surface area contributed by atoms with Crippen molar-refractivity contribution in [2.24, 2.45) is 0 Å². The lowest BCUT2D eigenvalue weighted by molar-refractivity contribution is 0.0620. The lowest BCUT2D eigenvalue weighted by atomic mass is 10.2. The predicted molar refractivity (Wildman–Crippen MR) is 118 cm³/mol. The van der Waals surface area contributed by atoms with Crippen LogP contribution in [0.1, 0.15) is 27.4 Å². The average molecular weight is 421 g/mol. The van der Waals surface area contributed by atoms with Gasteiger partial charge in [0.25, 0.3) is 5.91 Å². The maximum absolute atomic E-state index is 12.9. The van der Waals surface area contributed by atoms with E-state index in [1.54, 1.807) is 11.3 Å². The van der Waals surface area contributed by atoms with Gasteiger partial charge in [0, 0.05) is 38.9 Å². The molecule has 1 amide bonds. The summed E-state index contributed by atoms with van der Waals surface area (Å²) in [6.45, 7) is 8.08. The summed E-state index contributed by atoms with van der Waals surface area (Å²) in [5.41, 5.74) is 5.88. The Labute approximate surface area is 179 Å². The second-order valence-electron chi connectivity index (χ2n) is 7.79. The largest absolute Gasteiger partial charge is 0.335 e. The molecule has 0 aromatic carbocycles. The number of hydrogen-bond donors (Lipinski definition) is 1. The molecule has 0 unspecified atom stereocenters. The molecule has 8 heteroatoms. The van der Waals surface area contributed by atoms with Gasteiger partial charge in [-0.25, -0.2) is 4.98 Å². The number of thiophene rings is 1. The van der Waals surface area contributed by atoms with Crippen LogP contribution in [-0.2, 0) is 6.54 Å². The number of nitrogens with one attached hydrogen (secondary N) is 1. The van der Waals surface area contributed by atoms with E-state index in [9.17, 15) is 4.79 Å². The number of piperazine rings is 1. The number of H-pyrrole nitrogens is 1. The third-order valence-electron chi connectivity index (χ3n) is 5.70. The second-order valence-corrected chi connectivity index (χ2v) is 8.74. The van der Waals surface area contributed by atoms with E-state index in [1.807, 2.05) is 28.5 Å². The van der Waals surface area contributed by atoms with Gasteiger partial charge in [-0.3, -0.25) is 14.8 Å². The maximum Gasteiger partial charge on any atom is 0.274 e. The number of carbonyl (C=O) groups is 1. The highest BCUT2D eigenvalue weighted by molar-refractivity contribution is 7.13. The Kier molecular flexibility index (Phi) is 4.88. The van der Waals surface area contributed by atoms with Gasteiger partial charge in [-0.1, -0.05) is 6.07 Å². The third-order valence-corrected chi connectivity index (χ3v) is 6.60. The minimum atomic E-state index is -0.00448. The van der Waals surface area contributed by atoms with E-state index in [0.717, 1.165) is 41.5 Å². The lowest BCUT2D eigenvalue weighted by Gasteiger charge is -2.34. The van der Waals surface area contributed by atoms with Crippen molar-refractivity contribution in [1.29, 1.82) is 0 Å². The zero-order chi connectivity index (χ0) is 20.7. The Morgan fingerprint density at radius 2 is 2.00 bits per heavy atom. The van der Waals surface area contributed by atoms with Crippen molar-refractivity contribution in [3.8, 4) is 10.6 Å². The molecule has 0 spiro atoms. The van der Waals surface area contributed by atoms with Gasteiger partial charge in [-0.05, 0) is 49.1 Å². The standard InChI is InChI=1S/C22H24N6OS/c1-15-5-6-28-19(16(2)23-21(28)12-15)14-26-7-9-27(10-8-26)22(29)18-13-17(24-25-18)20-4-3-11-30-20/h3-6,11-13H,7-10,14H2,1-2H3,(H,24,25). The first-order chi connectivity index (χ1) is 14.6. The number of carbonyl (C=O) groups excluding carboxylic acids is 1. The number of fused-ring (bicyclic) bond motifs is 1. The van der Waals surface area contributed by atoms with E-state index >= 15 is 0 Å². The summed E-state index contributed by atoms with van der Waals surface area (Å²) in [6.07, 6.45) is 2.10. The minimum Gasteiger partial charge on any atom is -0.335 e. The van der Waals surface area contributed by atoms with Crippen molar-refractivity contribution in [3.63, 3.8) is 0 Å². The summed E-state index contributed by atoms with van der Waals surface area (Å²) in [4.78, 5) is 23.0. The smallest absolute Gasteiger partial charge is 0.274 e. The average Bonchev–Trinajstić information content (AvgIpc) is 3.48. The van der Waals surface area contributed by atoms with Crippen molar-refractivity contribution >= 4 is 22.9 Å². The highest BCUT2D eigenvalue weighted by Crippen LogP contribution is 2.23. The third kappa shape index (κ3) is 3.53. The van der Waals surface area contributed by atoms with E-state index in [0.29, 0.717) is 18.8 Å². The van der Waals surface area contributed by atoms with E-state index < -0.39 is 0 Å². The zero-order valence-electron chi connectivity index (χ0n) is 17.1. The molecule has 1 N–H and O–H groups in total. The number of aromatic nitrogens is 4. The lowest BCUT2D eigenvalue weighted by Crippen LogP contribution is -2.48. The predicted octanol–water partition coefficient (Wildman–Crippen LogP) is 3.36. The summed E-state index contributed by atoms with van der Waals surface area (Å²) in [7, 11) is 0. The molecule has 30 heavy (non-hydrogen) atoms. The van der Waals surface area contributed by atoms with Crippen LogP contribution >= 0.6 is 11.3 Å². The number of amides is 1. The highest BCUT2D eigenvalue weighted by Gasteiger charge is 2.25. The van der Waals surface area contributed by atoms with Crippen LogP contribution in [0.4, 0.5) is 0 Å². The van der Waals surface area contributed by atoms with Gasteiger partial charge >= 0.3 is 0 Å². The van der Waals surface area contributed by atoms with Gasteiger partial charge in [-0.15, -0.1) is 11.3 Å². The number of imidazole rings is 1. The van der Waals surface area contributed by atoms with Gasteiger partial charge in [0.2, 0.25) is 0 Å². The Morgan fingerprint density at radius 1 is 1.17 bits per heavy atom. The van der Waals surface area contributed by atoms with Crippen molar-refractivity contribution in [2.75, 3.05) is 26.2 Å². The number of aromatic amines is 1. The fraction of sp³-hybridized carbons (Fsp3) is 0.318. The van der Waals surface area contributed by atoms with Crippen LogP contribution in [0.25, 0.3) is 16.2 Å². The first kappa shape index (κ1) is 19.0. The van der Waals surface area contributed by atoms with Gasteiger partial charge < -0.3 is 9.30 Å². The Bertz CT molecular complexity index is 1180. The van der Waals surface area contributed by atoms with Crippen molar-refractivity contribution in [3.05, 3.63) is 64.6 Å². The van der Waals surface area contributed by atoms with Crippen LogP contribution in [-0.4, -0.2) is 61.5 Å². The number of aryl methyl sites for hydroxylation is 2. The second kappa shape index (κ2) is 7.70. The van der Waals surface area contributed by atoms with E-state index in [4.69, 9.17) is 4.98 Å². The molecule has 0 radical (unpaired) electrons. The van der Waals surface area contributed by atoms with Crippen LogP contribution in [0.15, 0.2) is 41.9 Å². The molecule has 7 nitrogen and oxygen atoms in total.